The molecule has 3 aliphatic carbocycles. The summed E-state index contributed by atoms with van der Waals surface area (Å²) in [6.45, 7) is 4.15. The van der Waals surface area contributed by atoms with Gasteiger partial charge in [0.1, 0.15) is 0 Å². The van der Waals surface area contributed by atoms with E-state index in [-0.39, 0.29) is 5.92 Å². The Bertz CT molecular complexity index is 327. The van der Waals surface area contributed by atoms with E-state index >= 15 is 0 Å². The molecule has 2 bridgehead atoms. The lowest BCUT2D eigenvalue weighted by molar-refractivity contribution is -0.126. The minimum absolute atomic E-state index is 0.186. The van der Waals surface area contributed by atoms with Crippen molar-refractivity contribution in [3.63, 3.8) is 0 Å². The van der Waals surface area contributed by atoms with Crippen molar-refractivity contribution in [1.82, 2.24) is 5.32 Å². The largest absolute Gasteiger partial charge is 0.353 e. The zero-order chi connectivity index (χ0) is 12.7. The molecule has 0 aromatic heterocycles. The van der Waals surface area contributed by atoms with Gasteiger partial charge in [-0.05, 0) is 55.8 Å². The van der Waals surface area contributed by atoms with Gasteiger partial charge in [-0.25, -0.2) is 0 Å². The maximum Gasteiger partial charge on any atom is 0.223 e. The first-order valence-corrected chi connectivity index (χ1v) is 8.01. The molecule has 0 aromatic rings. The Morgan fingerprint density at radius 3 is 2.61 bits per heavy atom. The third-order valence-electron chi connectivity index (χ3n) is 6.07. The first kappa shape index (κ1) is 12.5. The molecule has 0 aliphatic heterocycles. The van der Waals surface area contributed by atoms with Gasteiger partial charge in [0, 0.05) is 12.0 Å². The second kappa shape index (κ2) is 4.86. The maximum absolute atomic E-state index is 12.1. The van der Waals surface area contributed by atoms with Gasteiger partial charge in [0.05, 0.1) is 0 Å². The van der Waals surface area contributed by atoms with Crippen LogP contribution in [0.3, 0.4) is 0 Å². The zero-order valence-electron chi connectivity index (χ0n) is 11.8. The molecular formula is C16H27NO. The fourth-order valence-electron chi connectivity index (χ4n) is 4.92. The van der Waals surface area contributed by atoms with E-state index in [0.717, 1.165) is 30.1 Å². The lowest BCUT2D eigenvalue weighted by Gasteiger charge is -2.39. The van der Waals surface area contributed by atoms with Crippen LogP contribution in [0.15, 0.2) is 0 Å². The van der Waals surface area contributed by atoms with Crippen LogP contribution in [-0.2, 0) is 4.79 Å². The number of rotatable bonds is 3. The number of nitrogens with one attached hydrogen (secondary N) is 1. The Kier molecular flexibility index (Phi) is 3.38. The smallest absolute Gasteiger partial charge is 0.223 e. The highest BCUT2D eigenvalue weighted by Crippen LogP contribution is 2.57. The molecule has 0 aromatic carbocycles. The van der Waals surface area contributed by atoms with E-state index in [0.29, 0.717) is 11.9 Å². The molecule has 3 saturated carbocycles. The van der Waals surface area contributed by atoms with Gasteiger partial charge in [-0.15, -0.1) is 0 Å². The molecule has 6 atom stereocenters. The molecule has 0 saturated heterocycles. The van der Waals surface area contributed by atoms with E-state index in [1.165, 1.54) is 38.5 Å². The number of hydrogen-bond donors (Lipinski definition) is 1. The average molecular weight is 249 g/mol. The second-order valence-corrected chi connectivity index (χ2v) is 6.93. The highest BCUT2D eigenvalue weighted by Gasteiger charge is 2.52. The van der Waals surface area contributed by atoms with Crippen LogP contribution >= 0.6 is 0 Å². The van der Waals surface area contributed by atoms with Crippen molar-refractivity contribution in [2.75, 3.05) is 0 Å². The van der Waals surface area contributed by atoms with Gasteiger partial charge in [-0.1, -0.05) is 26.7 Å². The normalized spacial score (nSPS) is 43.6. The average Bonchev–Trinajstić information content (AvgIpc) is 2.96. The maximum atomic E-state index is 12.1. The van der Waals surface area contributed by atoms with Gasteiger partial charge in [-0.3, -0.25) is 4.79 Å². The fourth-order valence-corrected chi connectivity index (χ4v) is 4.92. The molecule has 3 aliphatic rings. The van der Waals surface area contributed by atoms with Crippen molar-refractivity contribution in [1.29, 1.82) is 0 Å². The zero-order valence-corrected chi connectivity index (χ0v) is 11.8. The highest BCUT2D eigenvalue weighted by molar-refractivity contribution is 5.78. The van der Waals surface area contributed by atoms with Crippen LogP contribution in [0.2, 0.25) is 0 Å². The monoisotopic (exact) mass is 249 g/mol. The molecule has 102 valence electrons. The lowest BCUT2D eigenvalue weighted by atomic mass is 9.69. The summed E-state index contributed by atoms with van der Waals surface area (Å²) in [6.07, 6.45) is 9.41. The molecule has 0 radical (unpaired) electrons. The molecule has 3 rings (SSSR count). The summed E-state index contributed by atoms with van der Waals surface area (Å²) in [7, 11) is 0. The molecule has 0 spiro atoms. The van der Waals surface area contributed by atoms with E-state index in [2.05, 4.69) is 12.2 Å². The quantitative estimate of drug-likeness (QED) is 0.816. The Hall–Kier alpha value is -0.530. The van der Waals surface area contributed by atoms with Gasteiger partial charge in [0.15, 0.2) is 0 Å². The Morgan fingerprint density at radius 1 is 1.17 bits per heavy atom. The SMILES string of the molecule is CCC(C)C(=O)NC1CC2CC1C1CCCCC21. The van der Waals surface area contributed by atoms with E-state index in [1.807, 2.05) is 6.92 Å². The summed E-state index contributed by atoms with van der Waals surface area (Å²) in [5.74, 6) is 4.18. The van der Waals surface area contributed by atoms with E-state index in [9.17, 15) is 4.79 Å². The van der Waals surface area contributed by atoms with Gasteiger partial charge in [0.2, 0.25) is 5.91 Å². The Balaban J connectivity index is 1.62. The number of fused-ring (bicyclic) bond motifs is 5. The third-order valence-corrected chi connectivity index (χ3v) is 6.07. The molecule has 18 heavy (non-hydrogen) atoms. The fraction of sp³-hybridized carbons (Fsp3) is 0.938. The number of amides is 1. The predicted octanol–water partition coefficient (Wildman–Crippen LogP) is 3.36. The first-order chi connectivity index (χ1) is 8.70. The van der Waals surface area contributed by atoms with Crippen molar-refractivity contribution in [2.45, 2.75) is 64.8 Å². The van der Waals surface area contributed by atoms with Crippen molar-refractivity contribution >= 4 is 5.91 Å². The van der Waals surface area contributed by atoms with Crippen LogP contribution in [0, 0.1) is 29.6 Å². The lowest BCUT2D eigenvalue weighted by Crippen LogP contribution is -2.45. The van der Waals surface area contributed by atoms with Crippen molar-refractivity contribution in [2.24, 2.45) is 29.6 Å². The number of carbonyl (C=O) groups excluding carboxylic acids is 1. The van der Waals surface area contributed by atoms with Gasteiger partial charge < -0.3 is 5.32 Å². The summed E-state index contributed by atoms with van der Waals surface area (Å²) in [4.78, 5) is 12.1. The van der Waals surface area contributed by atoms with Crippen LogP contribution in [0.25, 0.3) is 0 Å². The van der Waals surface area contributed by atoms with Crippen LogP contribution in [0.5, 0.6) is 0 Å². The summed E-state index contributed by atoms with van der Waals surface area (Å²) >= 11 is 0. The summed E-state index contributed by atoms with van der Waals surface area (Å²) < 4.78 is 0. The second-order valence-electron chi connectivity index (χ2n) is 6.93. The van der Waals surface area contributed by atoms with Gasteiger partial charge >= 0.3 is 0 Å². The molecule has 1 amide bonds. The van der Waals surface area contributed by atoms with Gasteiger partial charge in [0.25, 0.3) is 0 Å². The summed E-state index contributed by atoms with van der Waals surface area (Å²) in [6, 6.07) is 0.510. The number of carbonyl (C=O) groups is 1. The van der Waals surface area contributed by atoms with E-state index < -0.39 is 0 Å². The molecule has 6 unspecified atom stereocenters. The minimum atomic E-state index is 0.186. The van der Waals surface area contributed by atoms with Crippen molar-refractivity contribution in [3.05, 3.63) is 0 Å². The van der Waals surface area contributed by atoms with E-state index in [4.69, 9.17) is 0 Å². The Labute approximate surface area is 111 Å². The topological polar surface area (TPSA) is 29.1 Å². The van der Waals surface area contributed by atoms with Crippen LogP contribution in [-0.4, -0.2) is 11.9 Å². The predicted molar refractivity (Wildman–Crippen MR) is 73.0 cm³/mol. The van der Waals surface area contributed by atoms with E-state index in [1.54, 1.807) is 0 Å². The van der Waals surface area contributed by atoms with Crippen molar-refractivity contribution in [3.8, 4) is 0 Å². The molecule has 2 nitrogen and oxygen atoms in total. The molecular weight excluding hydrogens is 222 g/mol. The molecule has 2 heteroatoms. The molecule has 0 heterocycles. The summed E-state index contributed by atoms with van der Waals surface area (Å²) in [5, 5.41) is 3.36. The molecule has 1 N–H and O–H groups in total. The van der Waals surface area contributed by atoms with Crippen LogP contribution < -0.4 is 5.32 Å². The highest BCUT2D eigenvalue weighted by atomic mass is 16.1. The minimum Gasteiger partial charge on any atom is -0.353 e. The molecule has 3 fully saturated rings. The Morgan fingerprint density at radius 2 is 1.89 bits per heavy atom. The first-order valence-electron chi connectivity index (χ1n) is 8.01. The number of hydrogen-bond acceptors (Lipinski definition) is 1. The third kappa shape index (κ3) is 1.98. The standard InChI is InChI=1S/C16H27NO/c1-3-10(2)16(18)17-15-9-11-8-14(15)13-7-5-4-6-12(11)13/h10-15H,3-9H2,1-2H3,(H,17,18). The summed E-state index contributed by atoms with van der Waals surface area (Å²) in [5.41, 5.74) is 0. The van der Waals surface area contributed by atoms with Crippen molar-refractivity contribution < 1.29 is 4.79 Å². The van der Waals surface area contributed by atoms with Crippen LogP contribution in [0.4, 0.5) is 0 Å². The van der Waals surface area contributed by atoms with Crippen LogP contribution in [0.1, 0.15) is 58.8 Å². The van der Waals surface area contributed by atoms with Gasteiger partial charge in [-0.2, -0.15) is 0 Å².